The van der Waals surface area contributed by atoms with Crippen molar-refractivity contribution in [2.24, 2.45) is 9.98 Å². The summed E-state index contributed by atoms with van der Waals surface area (Å²) in [6.45, 7) is 0. The number of hydrogen-bond acceptors (Lipinski definition) is 7. The van der Waals surface area contributed by atoms with Crippen molar-refractivity contribution < 1.29 is 48.0 Å². The van der Waals surface area contributed by atoms with Gasteiger partial charge in [-0.2, -0.15) is 0 Å². The fraction of sp³-hybridized carbons (Fsp3) is 0.476. The van der Waals surface area contributed by atoms with Gasteiger partial charge in [0, 0.05) is 16.4 Å². The van der Waals surface area contributed by atoms with Crippen LogP contribution in [0.25, 0.3) is 0 Å². The molecule has 1 aromatic carbocycles. The average Bonchev–Trinajstić information content (AvgIpc) is 3.02. The van der Waals surface area contributed by atoms with Crippen LogP contribution in [0.15, 0.2) is 34.3 Å². The van der Waals surface area contributed by atoms with E-state index in [1.165, 1.54) is 12.8 Å². The summed E-state index contributed by atoms with van der Waals surface area (Å²) in [5, 5.41) is 0.632. The highest BCUT2D eigenvalue weighted by atomic mass is 35.7. The Morgan fingerprint density at radius 3 is 1.58 bits per heavy atom. The van der Waals surface area contributed by atoms with Crippen molar-refractivity contribution in [2.75, 3.05) is 0 Å². The van der Waals surface area contributed by atoms with Gasteiger partial charge in [-0.3, -0.25) is 9.59 Å². The summed E-state index contributed by atoms with van der Waals surface area (Å²) in [4.78, 5) is 39.1. The van der Waals surface area contributed by atoms with Gasteiger partial charge in [0.05, 0.1) is 11.1 Å². The number of amides is 4. The van der Waals surface area contributed by atoms with E-state index in [0.717, 1.165) is 62.8 Å². The van der Waals surface area contributed by atoms with Crippen molar-refractivity contribution in [2.45, 2.75) is 64.2 Å². The average molecular weight is 482 g/mol. The maximum absolute atomic E-state index is 12.4. The normalized spacial score (nSPS) is 18.2. The van der Waals surface area contributed by atoms with E-state index in [2.05, 4.69) is 9.98 Å². The highest BCUT2D eigenvalue weighted by molar-refractivity contribution is 6.20. The number of rotatable bonds is 2. The van der Waals surface area contributed by atoms with Crippen molar-refractivity contribution >= 4 is 29.3 Å². The van der Waals surface area contributed by atoms with E-state index in [4.69, 9.17) is 28.2 Å². The van der Waals surface area contributed by atoms with Crippen LogP contribution in [0.2, 0.25) is 0 Å². The smallest absolute Gasteiger partial charge is 0.265 e. The molecule has 2 saturated carbocycles. The summed E-state index contributed by atoms with van der Waals surface area (Å²) in [6, 6.07) is 6.67. The second kappa shape index (κ2) is 11.4. The number of fused-ring (bicyclic) bond motifs is 1. The third kappa shape index (κ3) is 7.69. The third-order valence-electron chi connectivity index (χ3n) is 5.31. The van der Waals surface area contributed by atoms with E-state index in [-0.39, 0.29) is 6.03 Å². The van der Waals surface area contributed by atoms with Crippen molar-refractivity contribution in [3.63, 3.8) is 0 Å². The fourth-order valence-electron chi connectivity index (χ4n) is 3.78. The standard InChI is InChI=1S/C21H24N3O4.ClHO4/c25-19-17-13-7-8-14-18(17)20(26)24(19)28-27-21(22-15-9-3-1-4-10-15)23-16-11-5-2-6-12-16;2-1(3,4)5/h7-8,13-14H,1-6,9-12H2;(H,2,3,4,5)/q+1;/p-1. The number of nitrogens with zero attached hydrogens (tertiary/aromatic N) is 3. The lowest BCUT2D eigenvalue weighted by Crippen LogP contribution is -2.68. The molecule has 33 heavy (non-hydrogen) atoms. The Morgan fingerprint density at radius 1 is 0.788 bits per heavy atom. The third-order valence-corrected chi connectivity index (χ3v) is 5.31. The van der Waals surface area contributed by atoms with Crippen LogP contribution in [0.3, 0.4) is 0 Å². The molecule has 0 atom stereocenters. The minimum Gasteiger partial charge on any atom is -0.265 e. The summed E-state index contributed by atoms with van der Waals surface area (Å²) < 4.78 is 39.3. The number of aliphatic imine (C=N–C) groups is 2. The summed E-state index contributed by atoms with van der Waals surface area (Å²) in [5.41, 5.74) is 2.64. The lowest BCUT2D eigenvalue weighted by molar-refractivity contribution is -2.00. The second-order valence-electron chi connectivity index (χ2n) is 7.75. The number of carbonyl (C=O) groups excluding carboxylic acids is 3. The molecule has 0 spiro atoms. The Hall–Kier alpha value is -2.70. The zero-order valence-electron chi connectivity index (χ0n) is 17.9. The predicted molar refractivity (Wildman–Crippen MR) is 104 cm³/mol. The molecule has 0 radical (unpaired) electrons. The summed E-state index contributed by atoms with van der Waals surface area (Å²) in [6.07, 6.45) is 10.4. The minimum absolute atomic E-state index is 0.0744. The molecule has 4 amide bonds. The summed E-state index contributed by atoms with van der Waals surface area (Å²) in [7, 11) is -4.94. The lowest BCUT2D eigenvalue weighted by Gasteiger charge is -2.17. The molecule has 1 heterocycles. The van der Waals surface area contributed by atoms with E-state index in [1.54, 1.807) is 24.3 Å². The molecule has 178 valence electrons. The molecule has 11 nitrogen and oxygen atoms in total. The zero-order chi connectivity index (χ0) is 23.8. The van der Waals surface area contributed by atoms with Gasteiger partial charge < -0.3 is 0 Å². The van der Waals surface area contributed by atoms with Gasteiger partial charge >= 0.3 is 17.8 Å². The Balaban J connectivity index is 0.000000555. The van der Waals surface area contributed by atoms with Crippen molar-refractivity contribution in [3.8, 4) is 0 Å². The van der Waals surface area contributed by atoms with E-state index < -0.39 is 22.1 Å². The van der Waals surface area contributed by atoms with Gasteiger partial charge in [0.25, 0.3) is 0 Å². The van der Waals surface area contributed by atoms with Gasteiger partial charge in [-0.05, 0) is 68.6 Å². The fourth-order valence-corrected chi connectivity index (χ4v) is 3.78. The molecule has 0 aromatic heterocycles. The van der Waals surface area contributed by atoms with Crippen molar-refractivity contribution in [1.29, 1.82) is 0 Å². The van der Waals surface area contributed by atoms with Crippen LogP contribution < -0.4 is 18.6 Å². The number of benzene rings is 1. The minimum atomic E-state index is -4.94. The Kier molecular flexibility index (Phi) is 8.64. The van der Waals surface area contributed by atoms with Gasteiger partial charge in [-0.1, -0.05) is 25.0 Å². The molecule has 12 heteroatoms. The topological polar surface area (TPSA) is 175 Å². The SMILES string of the molecule is O=C1c2ccccc2C(=O)N1O[O+]=C(N=C1CCCCC1)N=C1CCCCC1.[O-][Cl+3]([O-])([O-])[O-]. The van der Waals surface area contributed by atoms with Crippen LogP contribution in [0.5, 0.6) is 0 Å². The van der Waals surface area contributed by atoms with Gasteiger partial charge in [-0.15, -0.1) is 20.2 Å². The Labute approximate surface area is 192 Å². The van der Waals surface area contributed by atoms with Crippen LogP contribution in [0.4, 0.5) is 4.58 Å². The molecule has 1 aliphatic heterocycles. The monoisotopic (exact) mass is 481 g/mol. The van der Waals surface area contributed by atoms with E-state index in [0.29, 0.717) is 16.2 Å². The maximum atomic E-state index is 12.4. The first-order chi connectivity index (χ1) is 15.7. The second-order valence-corrected chi connectivity index (χ2v) is 8.50. The number of hydrogen-bond donors (Lipinski definition) is 0. The Bertz CT molecular complexity index is 884. The zero-order valence-corrected chi connectivity index (χ0v) is 18.6. The molecule has 0 unspecified atom stereocenters. The molecule has 2 aliphatic carbocycles. The molecule has 0 saturated heterocycles. The lowest BCUT2D eigenvalue weighted by atomic mass is 9.98. The number of halogens is 1. The van der Waals surface area contributed by atoms with E-state index >= 15 is 0 Å². The van der Waals surface area contributed by atoms with Crippen LogP contribution in [0, 0.1) is 10.2 Å². The Morgan fingerprint density at radius 2 is 1.18 bits per heavy atom. The molecule has 0 bridgehead atoms. The van der Waals surface area contributed by atoms with Crippen molar-refractivity contribution in [3.05, 3.63) is 35.4 Å². The molecule has 3 aliphatic rings. The van der Waals surface area contributed by atoms with E-state index in [1.807, 2.05) is 0 Å². The van der Waals surface area contributed by atoms with Gasteiger partial charge in [0.2, 0.25) is 0 Å². The first-order valence-corrected chi connectivity index (χ1v) is 11.9. The highest BCUT2D eigenvalue weighted by Crippen LogP contribution is 2.24. The first kappa shape index (κ1) is 24.9. The molecular formula is C21H24ClN3O8. The van der Waals surface area contributed by atoms with E-state index in [9.17, 15) is 9.59 Å². The van der Waals surface area contributed by atoms with Gasteiger partial charge in [0.15, 0.2) is 0 Å². The molecule has 2 fully saturated rings. The molecule has 4 rings (SSSR count). The number of imide groups is 1. The van der Waals surface area contributed by atoms with Gasteiger partial charge in [-0.25, -0.2) is 18.6 Å². The summed E-state index contributed by atoms with van der Waals surface area (Å²) in [5.74, 6) is -1.09. The molecule has 1 aromatic rings. The quantitative estimate of drug-likeness (QED) is 0.244. The number of hydroxylamine groups is 2. The van der Waals surface area contributed by atoms with Crippen LogP contribution in [0.1, 0.15) is 84.9 Å². The molecular weight excluding hydrogens is 458 g/mol. The van der Waals surface area contributed by atoms with Crippen LogP contribution in [-0.4, -0.2) is 34.3 Å². The largest absolute Gasteiger partial charge is 0.640 e. The van der Waals surface area contributed by atoms with Gasteiger partial charge in [0.1, 0.15) is 4.58 Å². The summed E-state index contributed by atoms with van der Waals surface area (Å²) >= 11 is 0. The van der Waals surface area contributed by atoms with Crippen LogP contribution in [-0.2, 0) is 4.99 Å². The van der Waals surface area contributed by atoms with Crippen LogP contribution >= 0.6 is 0 Å². The molecule has 0 N–H and O–H groups in total. The number of carbonyl (C=O) groups is 2. The predicted octanol–water partition coefficient (Wildman–Crippen LogP) is -0.161. The van der Waals surface area contributed by atoms with Crippen molar-refractivity contribution in [1.82, 2.24) is 5.06 Å². The number of urea groups is 1. The maximum Gasteiger partial charge on any atom is 0.640 e. The highest BCUT2D eigenvalue weighted by Gasteiger charge is 2.41. The first-order valence-electron chi connectivity index (χ1n) is 10.7.